The molecule has 1 N–H and O–H groups in total. The quantitative estimate of drug-likeness (QED) is 0.545. The molecule has 0 spiro atoms. The number of aryl methyl sites for hydroxylation is 1. The predicted octanol–water partition coefficient (Wildman–Crippen LogP) is 7.10. The summed E-state index contributed by atoms with van der Waals surface area (Å²) in [6.45, 7) is 1.96. The molecule has 3 aliphatic carbocycles. The van der Waals surface area contributed by atoms with Crippen LogP contribution < -0.4 is 0 Å². The van der Waals surface area contributed by atoms with Crippen molar-refractivity contribution in [1.82, 2.24) is 0 Å². The maximum Gasteiger partial charge on any atom is 0.417 e. The van der Waals surface area contributed by atoms with Crippen molar-refractivity contribution in [3.63, 3.8) is 0 Å². The summed E-state index contributed by atoms with van der Waals surface area (Å²) in [7, 11) is 0. The van der Waals surface area contributed by atoms with E-state index in [1.165, 1.54) is 6.07 Å². The van der Waals surface area contributed by atoms with Crippen LogP contribution in [0.15, 0.2) is 42.2 Å². The third-order valence-corrected chi connectivity index (χ3v) is 7.73. The number of hydrogen-bond donors (Lipinski definition) is 1. The van der Waals surface area contributed by atoms with Gasteiger partial charge in [-0.2, -0.15) is 13.2 Å². The number of benzene rings is 2. The first-order valence-electron chi connectivity index (χ1n) is 10.7. The second kappa shape index (κ2) is 7.13. The molecule has 5 rings (SSSR count). The Morgan fingerprint density at radius 2 is 1.68 bits per heavy atom. The molecule has 162 valence electrons. The minimum atomic E-state index is -4.56. The summed E-state index contributed by atoms with van der Waals surface area (Å²) in [5, 5.41) is 10.7. The zero-order valence-electron chi connectivity index (χ0n) is 17.0. The Kier molecular flexibility index (Phi) is 4.74. The molecular formula is C25H22ClF3O2. The van der Waals surface area contributed by atoms with Crippen LogP contribution in [0.2, 0.25) is 5.02 Å². The molecule has 2 aromatic rings. The van der Waals surface area contributed by atoms with Gasteiger partial charge in [-0.1, -0.05) is 36.7 Å². The number of carbonyl (C=O) groups excluding carboxylic acids is 1. The SMILES string of the molecule is CCc1ccc(-c2ccc(Cl)c(C(F)(F)F)c2)cc1C1=C(O)C2C(C1=O)[C@@H]1CC[C@H]2C1. The Morgan fingerprint density at radius 3 is 2.32 bits per heavy atom. The summed E-state index contributed by atoms with van der Waals surface area (Å²) >= 11 is 5.77. The van der Waals surface area contributed by atoms with Crippen LogP contribution in [0, 0.1) is 23.7 Å². The Labute approximate surface area is 183 Å². The summed E-state index contributed by atoms with van der Waals surface area (Å²) in [5.74, 6) is 0.627. The second-order valence-electron chi connectivity index (χ2n) is 8.93. The lowest BCUT2D eigenvalue weighted by Gasteiger charge is -2.23. The third-order valence-electron chi connectivity index (χ3n) is 7.40. The van der Waals surface area contributed by atoms with Crippen LogP contribution in [0.1, 0.15) is 42.9 Å². The van der Waals surface area contributed by atoms with E-state index in [2.05, 4.69) is 0 Å². The van der Waals surface area contributed by atoms with Crippen molar-refractivity contribution in [2.45, 2.75) is 38.8 Å². The number of alkyl halides is 3. The maximum absolute atomic E-state index is 13.3. The van der Waals surface area contributed by atoms with E-state index in [1.807, 2.05) is 13.0 Å². The highest BCUT2D eigenvalue weighted by Gasteiger charge is 2.57. The highest BCUT2D eigenvalue weighted by atomic mass is 35.5. The van der Waals surface area contributed by atoms with Gasteiger partial charge in [0.15, 0.2) is 5.78 Å². The number of carbonyl (C=O) groups is 1. The van der Waals surface area contributed by atoms with E-state index >= 15 is 0 Å². The van der Waals surface area contributed by atoms with Crippen LogP contribution >= 0.6 is 11.6 Å². The normalized spacial score (nSPS) is 27.3. The molecule has 0 radical (unpaired) electrons. The zero-order valence-corrected chi connectivity index (χ0v) is 17.7. The van der Waals surface area contributed by atoms with Gasteiger partial charge in [0.1, 0.15) is 5.76 Å². The standard InChI is InChI=1S/C25H22ClF3O2/c1-2-12-3-4-13(14-7-8-19(26)18(11-14)25(27,28)29)10-17(12)22-23(30)20-15-5-6-16(9-15)21(20)24(22)31/h3-4,7-8,10-11,15-16,20-21,30H,2,5-6,9H2,1H3/t15-,16+,20?,21?/m0/s1. The van der Waals surface area contributed by atoms with Gasteiger partial charge in [0.2, 0.25) is 0 Å². The van der Waals surface area contributed by atoms with Gasteiger partial charge < -0.3 is 5.11 Å². The number of hydrogen-bond acceptors (Lipinski definition) is 2. The van der Waals surface area contributed by atoms with Gasteiger partial charge in [-0.15, -0.1) is 0 Å². The second-order valence-corrected chi connectivity index (χ2v) is 9.33. The van der Waals surface area contributed by atoms with Gasteiger partial charge in [0.25, 0.3) is 0 Å². The Hall–Kier alpha value is -2.27. The molecule has 0 amide bonds. The van der Waals surface area contributed by atoms with Crippen LogP contribution in [-0.2, 0) is 17.4 Å². The van der Waals surface area contributed by atoms with Crippen molar-refractivity contribution < 1.29 is 23.1 Å². The van der Waals surface area contributed by atoms with Crippen molar-refractivity contribution in [1.29, 1.82) is 0 Å². The van der Waals surface area contributed by atoms with Crippen LogP contribution in [0.4, 0.5) is 13.2 Å². The fourth-order valence-electron chi connectivity index (χ4n) is 6.01. The topological polar surface area (TPSA) is 37.3 Å². The minimum Gasteiger partial charge on any atom is -0.511 e. The molecule has 0 heterocycles. The Balaban J connectivity index is 1.62. The smallest absolute Gasteiger partial charge is 0.417 e. The summed E-state index contributed by atoms with van der Waals surface area (Å²) < 4.78 is 40.0. The van der Waals surface area contributed by atoms with Crippen LogP contribution in [0.3, 0.4) is 0 Å². The number of ketones is 1. The number of halogens is 4. The van der Waals surface area contributed by atoms with Crippen molar-refractivity contribution in [3.05, 3.63) is 63.9 Å². The van der Waals surface area contributed by atoms with Crippen LogP contribution in [0.25, 0.3) is 16.7 Å². The monoisotopic (exact) mass is 446 g/mol. The van der Waals surface area contributed by atoms with E-state index in [-0.39, 0.29) is 28.4 Å². The first-order chi connectivity index (χ1) is 14.7. The van der Waals surface area contributed by atoms with Crippen molar-refractivity contribution in [3.8, 4) is 11.1 Å². The third kappa shape index (κ3) is 3.12. The highest BCUT2D eigenvalue weighted by Crippen LogP contribution is 2.60. The molecule has 31 heavy (non-hydrogen) atoms. The summed E-state index contributed by atoms with van der Waals surface area (Å²) in [5.41, 5.74) is 1.94. The largest absolute Gasteiger partial charge is 0.511 e. The average Bonchev–Trinajstić information content (AvgIpc) is 3.41. The van der Waals surface area contributed by atoms with E-state index in [0.29, 0.717) is 40.5 Å². The summed E-state index contributed by atoms with van der Waals surface area (Å²) in [6, 6.07) is 9.16. The van der Waals surface area contributed by atoms with Gasteiger partial charge in [-0.25, -0.2) is 0 Å². The fourth-order valence-corrected chi connectivity index (χ4v) is 6.24. The van der Waals surface area contributed by atoms with Crippen LogP contribution in [-0.4, -0.2) is 10.9 Å². The Morgan fingerprint density at radius 1 is 1.03 bits per heavy atom. The van der Waals surface area contributed by atoms with E-state index < -0.39 is 11.7 Å². The first-order valence-corrected chi connectivity index (χ1v) is 11.1. The number of rotatable bonds is 3. The highest BCUT2D eigenvalue weighted by molar-refractivity contribution is 6.31. The number of fused-ring (bicyclic) bond motifs is 5. The fraction of sp³-hybridized carbons (Fsp3) is 0.400. The molecule has 2 nitrogen and oxygen atoms in total. The molecule has 0 saturated heterocycles. The van der Waals surface area contributed by atoms with E-state index in [4.69, 9.17) is 11.6 Å². The van der Waals surface area contributed by atoms with Gasteiger partial charge >= 0.3 is 6.18 Å². The van der Waals surface area contributed by atoms with Gasteiger partial charge in [-0.05, 0) is 78.0 Å². The molecule has 2 saturated carbocycles. The molecule has 6 heteroatoms. The van der Waals surface area contributed by atoms with Gasteiger partial charge in [0.05, 0.1) is 16.2 Å². The zero-order chi connectivity index (χ0) is 22.1. The molecule has 2 unspecified atom stereocenters. The predicted molar refractivity (Wildman–Crippen MR) is 114 cm³/mol. The molecule has 2 bridgehead atoms. The first kappa shape index (κ1) is 20.6. The lowest BCUT2D eigenvalue weighted by molar-refractivity contribution is -0.137. The molecule has 0 aromatic heterocycles. The molecule has 3 aliphatic rings. The van der Waals surface area contributed by atoms with Gasteiger partial charge in [-0.3, -0.25) is 4.79 Å². The molecule has 2 fully saturated rings. The van der Waals surface area contributed by atoms with E-state index in [9.17, 15) is 23.1 Å². The van der Waals surface area contributed by atoms with Crippen LogP contribution in [0.5, 0.6) is 0 Å². The van der Waals surface area contributed by atoms with E-state index in [1.54, 1.807) is 18.2 Å². The molecule has 0 aliphatic heterocycles. The number of Topliss-reactive ketones (excluding diaryl/α,β-unsaturated/α-hetero) is 1. The van der Waals surface area contributed by atoms with Crippen molar-refractivity contribution >= 4 is 23.0 Å². The molecular weight excluding hydrogens is 425 g/mol. The molecule has 2 aromatic carbocycles. The summed E-state index contributed by atoms with van der Waals surface area (Å²) in [6.07, 6.45) is -0.829. The number of aliphatic hydroxyl groups excluding tert-OH is 1. The van der Waals surface area contributed by atoms with E-state index in [0.717, 1.165) is 30.9 Å². The number of aliphatic hydroxyl groups is 1. The van der Waals surface area contributed by atoms with Gasteiger partial charge in [0, 0.05) is 11.8 Å². The lowest BCUT2D eigenvalue weighted by Crippen LogP contribution is -2.24. The minimum absolute atomic E-state index is 0.00589. The maximum atomic E-state index is 13.3. The lowest BCUT2D eigenvalue weighted by atomic mass is 9.80. The summed E-state index contributed by atoms with van der Waals surface area (Å²) in [4.78, 5) is 13.3. The average molecular weight is 447 g/mol. The van der Waals surface area contributed by atoms with Crippen molar-refractivity contribution in [2.75, 3.05) is 0 Å². The molecule has 4 atom stereocenters. The number of allylic oxidation sites excluding steroid dienone is 2. The van der Waals surface area contributed by atoms with Crippen molar-refractivity contribution in [2.24, 2.45) is 23.7 Å². The Bertz CT molecular complexity index is 1120.